The lowest BCUT2D eigenvalue weighted by molar-refractivity contribution is 0.139. The summed E-state index contributed by atoms with van der Waals surface area (Å²) in [6.45, 7) is 8.49. The molecule has 1 saturated heterocycles. The van der Waals surface area contributed by atoms with Gasteiger partial charge in [0.1, 0.15) is 0 Å². The molecule has 0 saturated carbocycles. The van der Waals surface area contributed by atoms with Crippen molar-refractivity contribution >= 4 is 17.2 Å². The molecule has 0 aromatic carbocycles. The number of thiocarbonyl (C=S) groups is 1. The first-order chi connectivity index (χ1) is 7.08. The van der Waals surface area contributed by atoms with Gasteiger partial charge in [0, 0.05) is 13.1 Å². The van der Waals surface area contributed by atoms with Crippen LogP contribution in [-0.4, -0.2) is 29.5 Å². The lowest BCUT2D eigenvalue weighted by Gasteiger charge is -2.34. The summed E-state index contributed by atoms with van der Waals surface area (Å²) in [5.41, 5.74) is 5.47. The normalized spacial score (nSPS) is 27.9. The van der Waals surface area contributed by atoms with Crippen LogP contribution in [0.15, 0.2) is 0 Å². The Labute approximate surface area is 99.2 Å². The topological polar surface area (TPSA) is 29.3 Å². The lowest BCUT2D eigenvalue weighted by Crippen LogP contribution is -2.39. The average Bonchev–Trinajstić information content (AvgIpc) is 2.10. The smallest absolute Gasteiger partial charge is 0.0727 e. The second-order valence-corrected chi connectivity index (χ2v) is 5.65. The standard InChI is InChI=1S/C12H24N2S/c1-10-7-11(2)9-14(8-10)6-4-3-5-12(13)15/h10-11H,3-9H2,1-2H3,(H2,13,15). The van der Waals surface area contributed by atoms with Crippen LogP contribution in [0, 0.1) is 11.8 Å². The van der Waals surface area contributed by atoms with E-state index in [1.54, 1.807) is 0 Å². The van der Waals surface area contributed by atoms with Gasteiger partial charge in [-0.2, -0.15) is 0 Å². The maximum Gasteiger partial charge on any atom is 0.0727 e. The minimum Gasteiger partial charge on any atom is -0.393 e. The molecule has 15 heavy (non-hydrogen) atoms. The fourth-order valence-corrected chi connectivity index (χ4v) is 2.75. The van der Waals surface area contributed by atoms with E-state index in [2.05, 4.69) is 18.7 Å². The Morgan fingerprint density at radius 3 is 2.40 bits per heavy atom. The highest BCUT2D eigenvalue weighted by molar-refractivity contribution is 7.80. The van der Waals surface area contributed by atoms with Crippen molar-refractivity contribution in [2.45, 2.75) is 39.5 Å². The van der Waals surface area contributed by atoms with Crippen LogP contribution in [0.5, 0.6) is 0 Å². The summed E-state index contributed by atoms with van der Waals surface area (Å²) in [6, 6.07) is 0. The van der Waals surface area contributed by atoms with Crippen molar-refractivity contribution in [3.05, 3.63) is 0 Å². The lowest BCUT2D eigenvalue weighted by atomic mass is 9.92. The second kappa shape index (κ2) is 6.44. The molecule has 0 spiro atoms. The first kappa shape index (κ1) is 12.9. The number of likely N-dealkylation sites (tertiary alicyclic amines) is 1. The third-order valence-corrected chi connectivity index (χ3v) is 3.30. The van der Waals surface area contributed by atoms with E-state index in [1.165, 1.54) is 32.5 Å². The van der Waals surface area contributed by atoms with Gasteiger partial charge in [-0.25, -0.2) is 0 Å². The summed E-state index contributed by atoms with van der Waals surface area (Å²) in [5, 5.41) is 0. The summed E-state index contributed by atoms with van der Waals surface area (Å²) in [5.74, 6) is 1.73. The summed E-state index contributed by atoms with van der Waals surface area (Å²) < 4.78 is 0. The molecule has 1 aliphatic heterocycles. The van der Waals surface area contributed by atoms with E-state index < -0.39 is 0 Å². The number of hydrogen-bond donors (Lipinski definition) is 1. The van der Waals surface area contributed by atoms with Gasteiger partial charge in [0.05, 0.1) is 4.99 Å². The minimum atomic E-state index is 0.662. The molecule has 2 N–H and O–H groups in total. The zero-order chi connectivity index (χ0) is 11.3. The molecule has 2 atom stereocenters. The van der Waals surface area contributed by atoms with E-state index in [0.717, 1.165) is 24.7 Å². The van der Waals surface area contributed by atoms with Crippen LogP contribution < -0.4 is 5.73 Å². The molecule has 2 nitrogen and oxygen atoms in total. The Morgan fingerprint density at radius 1 is 1.27 bits per heavy atom. The van der Waals surface area contributed by atoms with Crippen molar-refractivity contribution in [3.8, 4) is 0 Å². The predicted molar refractivity (Wildman–Crippen MR) is 70.0 cm³/mol. The van der Waals surface area contributed by atoms with Crippen LogP contribution in [0.25, 0.3) is 0 Å². The first-order valence-corrected chi connectivity index (χ1v) is 6.49. The van der Waals surface area contributed by atoms with E-state index in [-0.39, 0.29) is 0 Å². The van der Waals surface area contributed by atoms with Crippen molar-refractivity contribution in [3.63, 3.8) is 0 Å². The molecule has 0 amide bonds. The van der Waals surface area contributed by atoms with Crippen molar-refractivity contribution in [2.24, 2.45) is 17.6 Å². The minimum absolute atomic E-state index is 0.662. The van der Waals surface area contributed by atoms with E-state index >= 15 is 0 Å². The fraction of sp³-hybridized carbons (Fsp3) is 0.917. The maximum atomic E-state index is 5.47. The Bertz CT molecular complexity index is 196. The van der Waals surface area contributed by atoms with Gasteiger partial charge in [0.25, 0.3) is 0 Å². The highest BCUT2D eigenvalue weighted by Crippen LogP contribution is 2.21. The van der Waals surface area contributed by atoms with Gasteiger partial charge in [-0.15, -0.1) is 0 Å². The van der Waals surface area contributed by atoms with Gasteiger partial charge < -0.3 is 10.6 Å². The molecular weight excluding hydrogens is 204 g/mol. The van der Waals surface area contributed by atoms with Gasteiger partial charge in [-0.3, -0.25) is 0 Å². The summed E-state index contributed by atoms with van der Waals surface area (Å²) in [4.78, 5) is 3.26. The van der Waals surface area contributed by atoms with E-state index in [9.17, 15) is 0 Å². The van der Waals surface area contributed by atoms with E-state index in [4.69, 9.17) is 18.0 Å². The molecule has 1 rings (SSSR count). The van der Waals surface area contributed by atoms with E-state index in [0.29, 0.717) is 4.99 Å². The van der Waals surface area contributed by atoms with Gasteiger partial charge >= 0.3 is 0 Å². The third-order valence-electron chi connectivity index (χ3n) is 3.09. The maximum absolute atomic E-state index is 5.47. The summed E-state index contributed by atoms with van der Waals surface area (Å²) in [7, 11) is 0. The number of nitrogens with two attached hydrogens (primary N) is 1. The summed E-state index contributed by atoms with van der Waals surface area (Å²) in [6.07, 6.45) is 4.68. The molecule has 0 aliphatic carbocycles. The van der Waals surface area contributed by atoms with Gasteiger partial charge in [-0.1, -0.05) is 26.1 Å². The molecule has 1 aliphatic rings. The quantitative estimate of drug-likeness (QED) is 0.579. The highest BCUT2D eigenvalue weighted by atomic mass is 32.1. The van der Waals surface area contributed by atoms with E-state index in [1.807, 2.05) is 0 Å². The molecule has 2 unspecified atom stereocenters. The molecular formula is C12H24N2S. The zero-order valence-corrected chi connectivity index (χ0v) is 10.9. The second-order valence-electron chi connectivity index (χ2n) is 5.13. The molecule has 0 aromatic rings. The molecule has 1 heterocycles. The highest BCUT2D eigenvalue weighted by Gasteiger charge is 2.20. The number of hydrogen-bond acceptors (Lipinski definition) is 2. The first-order valence-electron chi connectivity index (χ1n) is 6.08. The van der Waals surface area contributed by atoms with Crippen LogP contribution >= 0.6 is 12.2 Å². The number of rotatable bonds is 5. The Kier molecular flexibility index (Phi) is 5.54. The monoisotopic (exact) mass is 228 g/mol. The Balaban J connectivity index is 2.12. The van der Waals surface area contributed by atoms with Crippen LogP contribution in [0.4, 0.5) is 0 Å². The number of nitrogens with zero attached hydrogens (tertiary/aromatic N) is 1. The Hall–Kier alpha value is -0.150. The van der Waals surface area contributed by atoms with Crippen molar-refractivity contribution in [1.82, 2.24) is 4.90 Å². The molecule has 3 heteroatoms. The van der Waals surface area contributed by atoms with Crippen LogP contribution in [0.3, 0.4) is 0 Å². The Morgan fingerprint density at radius 2 is 1.87 bits per heavy atom. The molecule has 0 bridgehead atoms. The molecule has 0 radical (unpaired) electrons. The number of piperidine rings is 1. The number of unbranched alkanes of at least 4 members (excludes halogenated alkanes) is 1. The van der Waals surface area contributed by atoms with Crippen molar-refractivity contribution in [1.29, 1.82) is 0 Å². The predicted octanol–water partition coefficient (Wildman–Crippen LogP) is 2.42. The molecule has 88 valence electrons. The van der Waals surface area contributed by atoms with Crippen LogP contribution in [0.1, 0.15) is 39.5 Å². The fourth-order valence-electron chi connectivity index (χ4n) is 2.61. The summed E-state index contributed by atoms with van der Waals surface area (Å²) >= 11 is 4.87. The van der Waals surface area contributed by atoms with Crippen LogP contribution in [-0.2, 0) is 0 Å². The van der Waals surface area contributed by atoms with Gasteiger partial charge in [-0.05, 0) is 44.1 Å². The molecule has 0 aromatic heterocycles. The van der Waals surface area contributed by atoms with Crippen molar-refractivity contribution < 1.29 is 0 Å². The largest absolute Gasteiger partial charge is 0.393 e. The third kappa shape index (κ3) is 5.47. The average molecular weight is 228 g/mol. The van der Waals surface area contributed by atoms with Crippen LogP contribution in [0.2, 0.25) is 0 Å². The zero-order valence-electron chi connectivity index (χ0n) is 10.0. The molecule has 1 fully saturated rings. The van der Waals surface area contributed by atoms with Gasteiger partial charge in [0.15, 0.2) is 0 Å². The van der Waals surface area contributed by atoms with Gasteiger partial charge in [0.2, 0.25) is 0 Å². The SMILES string of the molecule is CC1CC(C)CN(CCCCC(N)=S)C1. The van der Waals surface area contributed by atoms with Crippen molar-refractivity contribution in [2.75, 3.05) is 19.6 Å².